The number of nitrogens with zero attached hydrogens (tertiary/aromatic N) is 3. The van der Waals surface area contributed by atoms with Crippen LogP contribution in [0.2, 0.25) is 0 Å². The molecule has 1 aliphatic heterocycles. The van der Waals surface area contributed by atoms with Crippen molar-refractivity contribution < 1.29 is 14.3 Å². The lowest BCUT2D eigenvalue weighted by molar-refractivity contribution is 0.0949. The zero-order chi connectivity index (χ0) is 16.1. The van der Waals surface area contributed by atoms with Gasteiger partial charge in [-0.15, -0.1) is 0 Å². The molecule has 1 aromatic heterocycles. The second kappa shape index (κ2) is 6.87. The molecule has 0 atom stereocenters. The molecular formula is C16H16N4O3. The fourth-order valence-electron chi connectivity index (χ4n) is 2.10. The largest absolute Gasteiger partial charge is 0.454 e. The van der Waals surface area contributed by atoms with Crippen LogP contribution < -0.4 is 14.9 Å². The molecule has 0 bridgehead atoms. The number of ether oxygens (including phenoxy) is 2. The van der Waals surface area contributed by atoms with Crippen LogP contribution in [0.3, 0.4) is 0 Å². The van der Waals surface area contributed by atoms with Crippen molar-refractivity contribution in [2.24, 2.45) is 5.10 Å². The average molecular weight is 312 g/mol. The molecule has 1 N–H and O–H groups in total. The van der Waals surface area contributed by atoms with Gasteiger partial charge in [0.05, 0.1) is 6.20 Å². The molecule has 0 fully saturated rings. The molecule has 118 valence electrons. The third-order valence-electron chi connectivity index (χ3n) is 3.36. The summed E-state index contributed by atoms with van der Waals surface area (Å²) in [5, 5.41) is 4.08. The Hall–Kier alpha value is -2.96. The Morgan fingerprint density at radius 3 is 3.00 bits per heavy atom. The van der Waals surface area contributed by atoms with E-state index in [4.69, 9.17) is 9.47 Å². The molecule has 2 aromatic rings. The summed E-state index contributed by atoms with van der Waals surface area (Å²) in [5.74, 6) is 1.17. The van der Waals surface area contributed by atoms with Gasteiger partial charge in [-0.2, -0.15) is 5.10 Å². The Kier molecular flexibility index (Phi) is 4.46. The van der Waals surface area contributed by atoms with E-state index in [1.54, 1.807) is 0 Å². The maximum absolute atomic E-state index is 11.8. The summed E-state index contributed by atoms with van der Waals surface area (Å²) in [6.07, 6.45) is 5.89. The van der Waals surface area contributed by atoms with Gasteiger partial charge >= 0.3 is 0 Å². The van der Waals surface area contributed by atoms with Crippen LogP contribution in [0.4, 0.5) is 0 Å². The number of carbonyl (C=O) groups excluding carboxylic acids is 1. The molecule has 7 heteroatoms. The van der Waals surface area contributed by atoms with Gasteiger partial charge < -0.3 is 9.47 Å². The van der Waals surface area contributed by atoms with Gasteiger partial charge in [-0.3, -0.25) is 9.78 Å². The monoisotopic (exact) mass is 312 g/mol. The molecule has 0 radical (unpaired) electrons. The molecule has 0 saturated carbocycles. The molecule has 0 saturated heterocycles. The first-order valence-electron chi connectivity index (χ1n) is 7.20. The molecule has 2 heterocycles. The molecule has 7 nitrogen and oxygen atoms in total. The van der Waals surface area contributed by atoms with Crippen LogP contribution in [0.5, 0.6) is 11.5 Å². The molecular weight excluding hydrogens is 296 g/mol. The molecule has 0 aliphatic carbocycles. The summed E-state index contributed by atoms with van der Waals surface area (Å²) in [6.45, 7) is 2.14. The van der Waals surface area contributed by atoms with Gasteiger partial charge in [-0.05, 0) is 37.5 Å². The second-order valence-electron chi connectivity index (χ2n) is 5.07. The summed E-state index contributed by atoms with van der Waals surface area (Å²) in [7, 11) is 0. The third kappa shape index (κ3) is 3.82. The van der Waals surface area contributed by atoms with Gasteiger partial charge in [0.15, 0.2) is 11.5 Å². The maximum Gasteiger partial charge on any atom is 0.291 e. The minimum absolute atomic E-state index is 0.236. The lowest BCUT2D eigenvalue weighted by Gasteiger charge is -2.04. The van der Waals surface area contributed by atoms with Crippen molar-refractivity contribution >= 4 is 11.6 Å². The van der Waals surface area contributed by atoms with Gasteiger partial charge in [0.25, 0.3) is 5.91 Å². The highest BCUT2D eigenvalue weighted by Crippen LogP contribution is 2.32. The fraction of sp³-hybridized carbons (Fsp3) is 0.250. The van der Waals surface area contributed by atoms with E-state index in [1.807, 2.05) is 25.1 Å². The Balaban J connectivity index is 1.53. The number of hydrogen-bond donors (Lipinski definition) is 1. The number of hydrazone groups is 1. The highest BCUT2D eigenvalue weighted by Gasteiger charge is 2.13. The van der Waals surface area contributed by atoms with E-state index in [0.29, 0.717) is 0 Å². The predicted molar refractivity (Wildman–Crippen MR) is 83.5 cm³/mol. The van der Waals surface area contributed by atoms with Crippen LogP contribution in [0.15, 0.2) is 41.9 Å². The SMILES string of the molecule is CC(CCc1ccc2c(c1)OCO2)=NNC(=O)c1cnccn1. The fourth-order valence-corrected chi connectivity index (χ4v) is 2.10. The highest BCUT2D eigenvalue weighted by atomic mass is 16.7. The number of carbonyl (C=O) groups is 1. The van der Waals surface area contributed by atoms with Gasteiger partial charge in [0.1, 0.15) is 5.69 Å². The zero-order valence-electron chi connectivity index (χ0n) is 12.7. The van der Waals surface area contributed by atoms with Gasteiger partial charge in [-0.25, -0.2) is 10.4 Å². The van der Waals surface area contributed by atoms with Crippen LogP contribution in [-0.4, -0.2) is 28.4 Å². The number of rotatable bonds is 5. The standard InChI is InChI=1S/C16H16N4O3/c1-11(19-20-16(21)13-9-17-6-7-18-13)2-3-12-4-5-14-15(8-12)23-10-22-14/h4-9H,2-3,10H2,1H3,(H,20,21). The van der Waals surface area contributed by atoms with E-state index in [9.17, 15) is 4.79 Å². The van der Waals surface area contributed by atoms with Crippen LogP contribution in [-0.2, 0) is 6.42 Å². The van der Waals surface area contributed by atoms with Crippen molar-refractivity contribution in [1.82, 2.24) is 15.4 Å². The number of hydrogen-bond acceptors (Lipinski definition) is 6. The van der Waals surface area contributed by atoms with Crippen molar-refractivity contribution in [3.8, 4) is 11.5 Å². The Morgan fingerprint density at radius 1 is 1.30 bits per heavy atom. The number of nitrogens with one attached hydrogen (secondary N) is 1. The van der Waals surface area contributed by atoms with Crippen molar-refractivity contribution in [1.29, 1.82) is 0 Å². The lowest BCUT2D eigenvalue weighted by atomic mass is 10.1. The first-order valence-corrected chi connectivity index (χ1v) is 7.20. The average Bonchev–Trinajstić information content (AvgIpc) is 3.06. The molecule has 1 amide bonds. The molecule has 1 aromatic carbocycles. The normalized spacial score (nSPS) is 13.0. The molecule has 1 aliphatic rings. The topological polar surface area (TPSA) is 85.7 Å². The zero-order valence-corrected chi connectivity index (χ0v) is 12.7. The summed E-state index contributed by atoms with van der Waals surface area (Å²) in [5.41, 5.74) is 4.66. The van der Waals surface area contributed by atoms with Gasteiger partial charge in [0, 0.05) is 18.1 Å². The summed E-state index contributed by atoms with van der Waals surface area (Å²) in [4.78, 5) is 19.6. The van der Waals surface area contributed by atoms with Gasteiger partial charge in [-0.1, -0.05) is 6.07 Å². The predicted octanol–water partition coefficient (Wildman–Crippen LogP) is 1.94. The Morgan fingerprint density at radius 2 is 2.17 bits per heavy atom. The van der Waals surface area contributed by atoms with E-state index in [2.05, 4.69) is 20.5 Å². The Labute approximate surface area is 133 Å². The minimum atomic E-state index is -0.375. The quantitative estimate of drug-likeness (QED) is 0.673. The smallest absolute Gasteiger partial charge is 0.291 e. The van der Waals surface area contributed by atoms with Crippen LogP contribution in [0.25, 0.3) is 0 Å². The van der Waals surface area contributed by atoms with Crippen molar-refractivity contribution in [3.05, 3.63) is 48.0 Å². The maximum atomic E-state index is 11.8. The van der Waals surface area contributed by atoms with E-state index >= 15 is 0 Å². The Bertz CT molecular complexity index is 731. The van der Waals surface area contributed by atoms with E-state index < -0.39 is 0 Å². The number of aryl methyl sites for hydroxylation is 1. The van der Waals surface area contributed by atoms with E-state index in [-0.39, 0.29) is 18.4 Å². The van der Waals surface area contributed by atoms with Crippen molar-refractivity contribution in [3.63, 3.8) is 0 Å². The number of benzene rings is 1. The molecule has 23 heavy (non-hydrogen) atoms. The summed E-state index contributed by atoms with van der Waals surface area (Å²) in [6, 6.07) is 5.87. The first-order chi connectivity index (χ1) is 11.2. The highest BCUT2D eigenvalue weighted by molar-refractivity contribution is 5.93. The summed E-state index contributed by atoms with van der Waals surface area (Å²) >= 11 is 0. The molecule has 0 unspecified atom stereocenters. The van der Waals surface area contributed by atoms with Gasteiger partial charge in [0.2, 0.25) is 6.79 Å². The van der Waals surface area contributed by atoms with Crippen LogP contribution >= 0.6 is 0 Å². The molecule has 3 rings (SSSR count). The van der Waals surface area contributed by atoms with Crippen LogP contribution in [0, 0.1) is 0 Å². The number of aromatic nitrogens is 2. The minimum Gasteiger partial charge on any atom is -0.454 e. The number of amides is 1. The summed E-state index contributed by atoms with van der Waals surface area (Å²) < 4.78 is 10.6. The third-order valence-corrected chi connectivity index (χ3v) is 3.36. The van der Waals surface area contributed by atoms with Crippen molar-refractivity contribution in [2.45, 2.75) is 19.8 Å². The first kappa shape index (κ1) is 15.0. The van der Waals surface area contributed by atoms with E-state index in [1.165, 1.54) is 18.6 Å². The molecule has 0 spiro atoms. The number of fused-ring (bicyclic) bond motifs is 1. The van der Waals surface area contributed by atoms with Crippen LogP contribution in [0.1, 0.15) is 29.4 Å². The van der Waals surface area contributed by atoms with Crippen molar-refractivity contribution in [2.75, 3.05) is 6.79 Å². The lowest BCUT2D eigenvalue weighted by Crippen LogP contribution is -2.20. The second-order valence-corrected chi connectivity index (χ2v) is 5.07. The van der Waals surface area contributed by atoms with E-state index in [0.717, 1.165) is 35.6 Å².